The molecule has 0 bridgehead atoms. The normalized spacial score (nSPS) is 17.0. The second-order valence-corrected chi connectivity index (χ2v) is 6.79. The molecule has 1 heterocycles. The number of aliphatic imine (C=N–C) groups is 1. The van der Waals surface area contributed by atoms with Crippen LogP contribution in [-0.4, -0.2) is 31.1 Å². The summed E-state index contributed by atoms with van der Waals surface area (Å²) in [6, 6.07) is 11.5. The Labute approximate surface area is 158 Å². The van der Waals surface area contributed by atoms with Crippen molar-refractivity contribution in [3.05, 3.63) is 65.0 Å². The molecule has 1 aliphatic heterocycles. The largest absolute Gasteiger partial charge is 0.376 e. The van der Waals surface area contributed by atoms with Crippen LogP contribution in [0.4, 0.5) is 10.1 Å². The molecule has 1 aliphatic rings. The lowest BCUT2D eigenvalue weighted by molar-refractivity contribution is 0.0975. The highest BCUT2D eigenvalue weighted by molar-refractivity contribution is 6.10. The van der Waals surface area contributed by atoms with Gasteiger partial charge in [0.15, 0.2) is 0 Å². The summed E-state index contributed by atoms with van der Waals surface area (Å²) in [5.74, 6) is -0.380. The maximum atomic E-state index is 13.1. The Kier molecular flexibility index (Phi) is 6.19. The number of halogens is 1. The number of amides is 1. The first-order valence-corrected chi connectivity index (χ1v) is 9.08. The molecule has 0 aromatic heterocycles. The number of guanidine groups is 1. The first-order valence-electron chi connectivity index (χ1n) is 9.08. The van der Waals surface area contributed by atoms with Gasteiger partial charge in [-0.15, -0.1) is 0 Å². The number of hydrogen-bond donors (Lipinski definition) is 2. The van der Waals surface area contributed by atoms with Crippen LogP contribution in [0.25, 0.3) is 0 Å². The average molecular weight is 369 g/mol. The molecule has 1 amide bonds. The van der Waals surface area contributed by atoms with E-state index in [-0.39, 0.29) is 17.8 Å². The number of anilines is 1. The molecule has 0 aliphatic carbocycles. The van der Waals surface area contributed by atoms with Gasteiger partial charge in [-0.05, 0) is 74.2 Å². The zero-order chi connectivity index (χ0) is 19.2. The van der Waals surface area contributed by atoms with Crippen LogP contribution in [0.3, 0.4) is 0 Å². The number of hydrogen-bond acceptors (Lipinski definition) is 3. The molecule has 5 nitrogen and oxygen atoms in total. The van der Waals surface area contributed by atoms with Crippen molar-refractivity contribution in [1.82, 2.24) is 5.32 Å². The maximum Gasteiger partial charge on any atom is 0.257 e. The number of nitrogens with one attached hydrogen (secondary N) is 2. The zero-order valence-electron chi connectivity index (χ0n) is 15.6. The maximum absolute atomic E-state index is 13.1. The van der Waals surface area contributed by atoms with E-state index in [1.165, 1.54) is 24.3 Å². The molecule has 0 spiro atoms. The van der Waals surface area contributed by atoms with Crippen LogP contribution in [0.1, 0.15) is 34.3 Å². The fourth-order valence-electron chi connectivity index (χ4n) is 3.06. The van der Waals surface area contributed by atoms with Gasteiger partial charge in [0.25, 0.3) is 5.91 Å². The third-order valence-electron chi connectivity index (χ3n) is 4.30. The second kappa shape index (κ2) is 8.77. The van der Waals surface area contributed by atoms with Crippen molar-refractivity contribution in [2.75, 3.05) is 18.5 Å². The van der Waals surface area contributed by atoms with E-state index in [1.807, 2.05) is 26.0 Å². The molecular weight excluding hydrogens is 345 g/mol. The topological polar surface area (TPSA) is 62.7 Å². The van der Waals surface area contributed by atoms with E-state index in [0.717, 1.165) is 36.3 Å². The van der Waals surface area contributed by atoms with Gasteiger partial charge in [-0.3, -0.25) is 10.1 Å². The second-order valence-electron chi connectivity index (χ2n) is 6.79. The predicted octanol–water partition coefficient (Wildman–Crippen LogP) is 3.82. The van der Waals surface area contributed by atoms with Crippen molar-refractivity contribution >= 4 is 17.6 Å². The first-order chi connectivity index (χ1) is 13.0. The van der Waals surface area contributed by atoms with Crippen LogP contribution in [-0.2, 0) is 4.74 Å². The van der Waals surface area contributed by atoms with Gasteiger partial charge in [-0.25, -0.2) is 9.38 Å². The van der Waals surface area contributed by atoms with Gasteiger partial charge in [-0.1, -0.05) is 6.07 Å². The van der Waals surface area contributed by atoms with E-state index < -0.39 is 0 Å². The molecule has 2 N–H and O–H groups in total. The molecular formula is C21H24FN3O2. The fourth-order valence-corrected chi connectivity index (χ4v) is 3.06. The Bertz CT molecular complexity index is 808. The van der Waals surface area contributed by atoms with Crippen molar-refractivity contribution in [3.8, 4) is 0 Å². The SMILES string of the molecule is Cc1cc(C)cc(NC(=NCC2CCCO2)NC(=O)c2ccc(F)cc2)c1. The van der Waals surface area contributed by atoms with Crippen LogP contribution in [0, 0.1) is 19.7 Å². The standard InChI is InChI=1S/C21H24FN3O2/c1-14-10-15(2)12-18(11-14)24-21(23-13-19-4-3-9-27-19)25-20(26)16-5-7-17(22)8-6-16/h5-8,10-12,19H,3-4,9,13H2,1-2H3,(H2,23,24,25,26). The molecule has 1 atom stereocenters. The Morgan fingerprint density at radius 3 is 2.52 bits per heavy atom. The molecule has 0 saturated carbocycles. The zero-order valence-corrected chi connectivity index (χ0v) is 15.6. The highest BCUT2D eigenvalue weighted by Gasteiger charge is 2.16. The summed E-state index contributed by atoms with van der Waals surface area (Å²) in [6.45, 7) is 5.25. The third-order valence-corrected chi connectivity index (χ3v) is 4.30. The van der Waals surface area contributed by atoms with Gasteiger partial charge in [0.2, 0.25) is 5.96 Å². The predicted molar refractivity (Wildman–Crippen MR) is 105 cm³/mol. The molecule has 6 heteroatoms. The van der Waals surface area contributed by atoms with Crippen LogP contribution >= 0.6 is 0 Å². The highest BCUT2D eigenvalue weighted by atomic mass is 19.1. The summed E-state index contributed by atoms with van der Waals surface area (Å²) in [7, 11) is 0. The first kappa shape index (κ1) is 19.0. The number of ether oxygens (including phenoxy) is 1. The van der Waals surface area contributed by atoms with Crippen molar-refractivity contribution in [2.24, 2.45) is 4.99 Å². The molecule has 2 aromatic carbocycles. The minimum atomic E-state index is -0.382. The smallest absolute Gasteiger partial charge is 0.257 e. The lowest BCUT2D eigenvalue weighted by Crippen LogP contribution is -2.36. The quantitative estimate of drug-likeness (QED) is 0.636. The van der Waals surface area contributed by atoms with Crippen LogP contribution in [0.2, 0.25) is 0 Å². The summed E-state index contributed by atoms with van der Waals surface area (Å²) >= 11 is 0. The van der Waals surface area contributed by atoms with E-state index in [4.69, 9.17) is 4.74 Å². The van der Waals surface area contributed by atoms with E-state index in [1.54, 1.807) is 0 Å². The molecule has 1 saturated heterocycles. The Hall–Kier alpha value is -2.73. The summed E-state index contributed by atoms with van der Waals surface area (Å²) in [4.78, 5) is 17.0. The van der Waals surface area contributed by atoms with E-state index >= 15 is 0 Å². The van der Waals surface area contributed by atoms with Crippen molar-refractivity contribution in [1.29, 1.82) is 0 Å². The van der Waals surface area contributed by atoms with Gasteiger partial charge in [0.1, 0.15) is 5.82 Å². The lowest BCUT2D eigenvalue weighted by atomic mass is 10.1. The Morgan fingerprint density at radius 2 is 1.89 bits per heavy atom. The van der Waals surface area contributed by atoms with Crippen molar-refractivity contribution < 1.29 is 13.9 Å². The summed E-state index contributed by atoms with van der Waals surface area (Å²) < 4.78 is 18.7. The molecule has 3 rings (SSSR count). The number of aryl methyl sites for hydroxylation is 2. The van der Waals surface area contributed by atoms with Crippen LogP contribution in [0.15, 0.2) is 47.5 Å². The lowest BCUT2D eigenvalue weighted by Gasteiger charge is -2.14. The number of rotatable bonds is 4. The number of carbonyl (C=O) groups excluding carboxylic acids is 1. The molecule has 2 aromatic rings. The number of benzene rings is 2. The number of nitrogens with zero attached hydrogens (tertiary/aromatic N) is 1. The average Bonchev–Trinajstić information content (AvgIpc) is 3.13. The van der Waals surface area contributed by atoms with Crippen LogP contribution in [0.5, 0.6) is 0 Å². The third kappa shape index (κ3) is 5.62. The van der Waals surface area contributed by atoms with Crippen molar-refractivity contribution in [2.45, 2.75) is 32.8 Å². The van der Waals surface area contributed by atoms with E-state index in [0.29, 0.717) is 18.1 Å². The monoisotopic (exact) mass is 369 g/mol. The summed E-state index contributed by atoms with van der Waals surface area (Å²) in [5.41, 5.74) is 3.43. The van der Waals surface area contributed by atoms with Gasteiger partial charge in [0, 0.05) is 17.9 Å². The molecule has 142 valence electrons. The Balaban J connectivity index is 1.76. The van der Waals surface area contributed by atoms with Crippen molar-refractivity contribution in [3.63, 3.8) is 0 Å². The van der Waals surface area contributed by atoms with Crippen LogP contribution < -0.4 is 10.6 Å². The molecule has 27 heavy (non-hydrogen) atoms. The molecule has 0 radical (unpaired) electrons. The number of carbonyl (C=O) groups is 1. The van der Waals surface area contributed by atoms with Gasteiger partial charge in [0.05, 0.1) is 12.6 Å². The highest BCUT2D eigenvalue weighted by Crippen LogP contribution is 2.15. The summed E-state index contributed by atoms with van der Waals surface area (Å²) in [6.07, 6.45) is 2.07. The van der Waals surface area contributed by atoms with Gasteiger partial charge in [-0.2, -0.15) is 0 Å². The van der Waals surface area contributed by atoms with Gasteiger partial charge >= 0.3 is 0 Å². The molecule has 1 unspecified atom stereocenters. The summed E-state index contributed by atoms with van der Waals surface area (Å²) in [5, 5.41) is 5.97. The van der Waals surface area contributed by atoms with E-state index in [2.05, 4.69) is 21.7 Å². The fraction of sp³-hybridized carbons (Fsp3) is 0.333. The van der Waals surface area contributed by atoms with E-state index in [9.17, 15) is 9.18 Å². The Morgan fingerprint density at radius 1 is 1.19 bits per heavy atom. The minimum absolute atomic E-state index is 0.0729. The van der Waals surface area contributed by atoms with Gasteiger partial charge < -0.3 is 10.1 Å². The molecule has 1 fully saturated rings. The minimum Gasteiger partial charge on any atom is -0.376 e.